The molecule has 1 unspecified atom stereocenters. The van der Waals surface area contributed by atoms with Gasteiger partial charge < -0.3 is 10.0 Å². The minimum Gasteiger partial charge on any atom is -0.476 e. The van der Waals surface area contributed by atoms with Crippen LogP contribution < -0.4 is 0 Å². The fourth-order valence-corrected chi connectivity index (χ4v) is 3.05. The van der Waals surface area contributed by atoms with Gasteiger partial charge in [0.05, 0.1) is 12.2 Å². The third kappa shape index (κ3) is 3.68. The summed E-state index contributed by atoms with van der Waals surface area (Å²) in [5.74, 6) is -1.41. The van der Waals surface area contributed by atoms with Gasteiger partial charge in [0.15, 0.2) is 5.69 Å². The van der Waals surface area contributed by atoms with E-state index in [2.05, 4.69) is 15.2 Å². The van der Waals surface area contributed by atoms with Crippen LogP contribution in [0.2, 0.25) is 5.02 Å². The molecule has 3 rings (SSSR count). The number of rotatable bonds is 5. The molecule has 2 aromatic rings. The first-order valence-corrected chi connectivity index (χ1v) is 7.72. The molecular formula is C15H16ClFN4O2. The summed E-state index contributed by atoms with van der Waals surface area (Å²) in [5, 5.41) is 16.9. The van der Waals surface area contributed by atoms with Gasteiger partial charge in [0.25, 0.3) is 0 Å². The van der Waals surface area contributed by atoms with Crippen LogP contribution in [-0.4, -0.2) is 50.6 Å². The van der Waals surface area contributed by atoms with E-state index in [1.807, 2.05) is 0 Å². The molecule has 1 saturated heterocycles. The van der Waals surface area contributed by atoms with E-state index in [9.17, 15) is 9.18 Å². The lowest BCUT2D eigenvalue weighted by atomic mass is 10.1. The number of hydrogen-bond donors (Lipinski definition) is 1. The highest BCUT2D eigenvalue weighted by Gasteiger charge is 2.25. The number of benzene rings is 1. The van der Waals surface area contributed by atoms with Crippen LogP contribution in [0.4, 0.5) is 4.39 Å². The normalized spacial score (nSPS) is 18.4. The van der Waals surface area contributed by atoms with Crippen LogP contribution in [0.15, 0.2) is 24.4 Å². The lowest BCUT2D eigenvalue weighted by Gasteiger charge is -2.16. The van der Waals surface area contributed by atoms with E-state index in [1.165, 1.54) is 18.3 Å². The smallest absolute Gasteiger partial charge is 0.358 e. The number of carbonyl (C=O) groups is 1. The summed E-state index contributed by atoms with van der Waals surface area (Å²) < 4.78 is 14.7. The first-order chi connectivity index (χ1) is 11.0. The molecule has 8 heteroatoms. The fraction of sp³-hybridized carbons (Fsp3) is 0.400. The molecule has 0 amide bonds. The molecule has 1 atom stereocenters. The number of likely N-dealkylation sites (tertiary alicyclic amines) is 1. The molecule has 1 N–H and O–H groups in total. The van der Waals surface area contributed by atoms with Crippen LogP contribution in [0.3, 0.4) is 0 Å². The number of carboxylic acid groups (broad SMARTS) is 1. The van der Waals surface area contributed by atoms with Crippen LogP contribution in [0, 0.1) is 5.82 Å². The monoisotopic (exact) mass is 338 g/mol. The molecule has 1 fully saturated rings. The van der Waals surface area contributed by atoms with Gasteiger partial charge >= 0.3 is 5.97 Å². The zero-order valence-electron chi connectivity index (χ0n) is 12.3. The first kappa shape index (κ1) is 15.9. The molecule has 0 radical (unpaired) electrons. The van der Waals surface area contributed by atoms with Crippen molar-refractivity contribution >= 4 is 17.6 Å². The third-order valence-electron chi connectivity index (χ3n) is 4.06. The van der Waals surface area contributed by atoms with Crippen molar-refractivity contribution in [1.82, 2.24) is 19.9 Å². The summed E-state index contributed by atoms with van der Waals surface area (Å²) in [4.78, 5) is 13.1. The van der Waals surface area contributed by atoms with Gasteiger partial charge in [-0.3, -0.25) is 0 Å². The van der Waals surface area contributed by atoms with Crippen molar-refractivity contribution < 1.29 is 14.3 Å². The van der Waals surface area contributed by atoms with Gasteiger partial charge in [-0.25, -0.2) is 13.9 Å². The van der Waals surface area contributed by atoms with E-state index in [-0.39, 0.29) is 17.6 Å². The maximum Gasteiger partial charge on any atom is 0.358 e. The quantitative estimate of drug-likeness (QED) is 0.905. The molecular weight excluding hydrogens is 323 g/mol. The van der Waals surface area contributed by atoms with Gasteiger partial charge in [-0.05, 0) is 30.5 Å². The van der Waals surface area contributed by atoms with Gasteiger partial charge in [-0.15, -0.1) is 5.10 Å². The Labute approximate surface area is 137 Å². The molecule has 122 valence electrons. The first-order valence-electron chi connectivity index (χ1n) is 7.34. The summed E-state index contributed by atoms with van der Waals surface area (Å²) in [6, 6.07) is 4.57. The van der Waals surface area contributed by atoms with Gasteiger partial charge in [0.2, 0.25) is 0 Å². The average molecular weight is 339 g/mol. The highest BCUT2D eigenvalue weighted by atomic mass is 35.5. The van der Waals surface area contributed by atoms with Gasteiger partial charge in [0.1, 0.15) is 5.82 Å². The van der Waals surface area contributed by atoms with Crippen molar-refractivity contribution in [1.29, 1.82) is 0 Å². The standard InChI is InChI=1S/C15H16ClFN4O2/c16-13-7-11(17)2-1-10(13)3-5-20-6-4-12(8-20)21-9-14(15(22)23)18-19-21/h1-2,7,9,12H,3-6,8H2,(H,22,23). The minimum absolute atomic E-state index is 0.0402. The van der Waals surface area contributed by atoms with E-state index >= 15 is 0 Å². The molecule has 1 aromatic carbocycles. The average Bonchev–Trinajstić information content (AvgIpc) is 3.15. The molecule has 1 aromatic heterocycles. The zero-order valence-corrected chi connectivity index (χ0v) is 13.1. The summed E-state index contributed by atoms with van der Waals surface area (Å²) in [7, 11) is 0. The Bertz CT molecular complexity index is 721. The Morgan fingerprint density at radius 3 is 3.00 bits per heavy atom. The van der Waals surface area contributed by atoms with Gasteiger partial charge in [-0.1, -0.05) is 22.9 Å². The van der Waals surface area contributed by atoms with Crippen LogP contribution in [0.5, 0.6) is 0 Å². The number of halogens is 2. The Morgan fingerprint density at radius 2 is 2.30 bits per heavy atom. The predicted octanol–water partition coefficient (Wildman–Crippen LogP) is 2.26. The Kier molecular flexibility index (Phi) is 4.58. The van der Waals surface area contributed by atoms with Gasteiger partial charge in [0, 0.05) is 24.7 Å². The fourth-order valence-electron chi connectivity index (χ4n) is 2.79. The molecule has 23 heavy (non-hydrogen) atoms. The SMILES string of the molecule is O=C(O)c1cn(C2CCN(CCc3ccc(F)cc3Cl)C2)nn1. The van der Waals surface area contributed by atoms with Crippen LogP contribution in [0.1, 0.15) is 28.5 Å². The second kappa shape index (κ2) is 6.64. The Morgan fingerprint density at radius 1 is 1.48 bits per heavy atom. The zero-order chi connectivity index (χ0) is 16.4. The minimum atomic E-state index is -1.07. The van der Waals surface area contributed by atoms with Crippen molar-refractivity contribution in [2.45, 2.75) is 18.9 Å². The summed E-state index contributed by atoms with van der Waals surface area (Å²) in [5.41, 5.74) is 0.881. The molecule has 2 heterocycles. The molecule has 1 aliphatic rings. The summed E-state index contributed by atoms with van der Waals surface area (Å²) >= 11 is 6.04. The molecule has 1 aliphatic heterocycles. The van der Waals surface area contributed by atoms with E-state index in [4.69, 9.17) is 16.7 Å². The Hall–Kier alpha value is -1.99. The number of nitrogens with zero attached hydrogens (tertiary/aromatic N) is 4. The number of aromatic carboxylic acids is 1. The molecule has 6 nitrogen and oxygen atoms in total. The van der Waals surface area contributed by atoms with Crippen molar-refractivity contribution in [3.8, 4) is 0 Å². The summed E-state index contributed by atoms with van der Waals surface area (Å²) in [6.07, 6.45) is 3.09. The second-order valence-electron chi connectivity index (χ2n) is 5.62. The Balaban J connectivity index is 1.56. The highest BCUT2D eigenvalue weighted by Crippen LogP contribution is 2.23. The van der Waals surface area contributed by atoms with Crippen molar-refractivity contribution in [2.24, 2.45) is 0 Å². The van der Waals surface area contributed by atoms with Gasteiger partial charge in [-0.2, -0.15) is 0 Å². The van der Waals surface area contributed by atoms with Crippen LogP contribution in [-0.2, 0) is 6.42 Å². The van der Waals surface area contributed by atoms with E-state index in [0.29, 0.717) is 5.02 Å². The molecule has 0 spiro atoms. The lowest BCUT2D eigenvalue weighted by Crippen LogP contribution is -2.24. The second-order valence-corrected chi connectivity index (χ2v) is 6.02. The van der Waals surface area contributed by atoms with Crippen LogP contribution in [0.25, 0.3) is 0 Å². The number of aromatic nitrogens is 3. The topological polar surface area (TPSA) is 71.2 Å². The van der Waals surface area contributed by atoms with E-state index in [0.717, 1.165) is 38.0 Å². The maximum atomic E-state index is 13.0. The van der Waals surface area contributed by atoms with Crippen molar-refractivity contribution in [2.75, 3.05) is 19.6 Å². The van der Waals surface area contributed by atoms with E-state index < -0.39 is 5.97 Å². The largest absolute Gasteiger partial charge is 0.476 e. The van der Waals surface area contributed by atoms with Crippen LogP contribution >= 0.6 is 11.6 Å². The highest BCUT2D eigenvalue weighted by molar-refractivity contribution is 6.31. The van der Waals surface area contributed by atoms with Crippen molar-refractivity contribution in [3.05, 3.63) is 46.5 Å². The number of hydrogen-bond acceptors (Lipinski definition) is 4. The maximum absolute atomic E-state index is 13.0. The predicted molar refractivity (Wildman–Crippen MR) is 82.2 cm³/mol. The summed E-state index contributed by atoms with van der Waals surface area (Å²) in [6.45, 7) is 2.48. The van der Waals surface area contributed by atoms with Crippen molar-refractivity contribution in [3.63, 3.8) is 0 Å². The van der Waals surface area contributed by atoms with E-state index in [1.54, 1.807) is 10.7 Å². The number of carboxylic acids is 1. The molecule has 0 aliphatic carbocycles. The molecule has 0 bridgehead atoms. The molecule has 0 saturated carbocycles. The lowest BCUT2D eigenvalue weighted by molar-refractivity contribution is 0.0690. The third-order valence-corrected chi connectivity index (χ3v) is 4.42.